The van der Waals surface area contributed by atoms with Gasteiger partial charge in [-0.05, 0) is 15.9 Å². The number of benzene rings is 1. The lowest BCUT2D eigenvalue weighted by Gasteiger charge is -1.91. The molecule has 0 radical (unpaired) electrons. The molecule has 0 atom stereocenters. The Bertz CT molecular complexity index is 478. The Morgan fingerprint density at radius 1 is 1.46 bits per heavy atom. The normalized spacial score (nSPS) is 10.6. The van der Waals surface area contributed by atoms with Gasteiger partial charge in [0.1, 0.15) is 3.79 Å². The largest absolute Gasteiger partial charge is 0.298 e. The molecule has 0 aliphatic carbocycles. The lowest BCUT2D eigenvalue weighted by atomic mass is 10.2. The molecular weight excluding hydrogens is 255 g/mol. The van der Waals surface area contributed by atoms with Crippen LogP contribution in [0.2, 0.25) is 0 Å². The topological polar surface area (TPSA) is 17.1 Å². The maximum Gasteiger partial charge on any atom is 0.156 e. The van der Waals surface area contributed by atoms with Crippen molar-refractivity contribution >= 4 is 43.6 Å². The quantitative estimate of drug-likeness (QED) is 0.715. The fourth-order valence-corrected chi connectivity index (χ4v) is 2.75. The highest BCUT2D eigenvalue weighted by molar-refractivity contribution is 9.11. The number of aldehydes is 1. The number of rotatable bonds is 1. The van der Waals surface area contributed by atoms with Gasteiger partial charge in [-0.1, -0.05) is 18.2 Å². The molecule has 1 nitrogen and oxygen atoms in total. The second-order valence-electron chi connectivity index (χ2n) is 2.53. The van der Waals surface area contributed by atoms with E-state index in [0.29, 0.717) is 19.4 Å². The summed E-state index contributed by atoms with van der Waals surface area (Å²) >= 11 is 4.34. The van der Waals surface area contributed by atoms with Crippen molar-refractivity contribution in [2.45, 2.75) is 0 Å². The van der Waals surface area contributed by atoms with Crippen LogP contribution in [0, 0.1) is 5.82 Å². The summed E-state index contributed by atoms with van der Waals surface area (Å²) in [5, 5.41) is 0.501. The molecule has 66 valence electrons. The third-order valence-electron chi connectivity index (χ3n) is 1.77. The van der Waals surface area contributed by atoms with Crippen molar-refractivity contribution in [2.24, 2.45) is 0 Å². The van der Waals surface area contributed by atoms with E-state index >= 15 is 0 Å². The van der Waals surface area contributed by atoms with Crippen LogP contribution >= 0.6 is 27.3 Å². The van der Waals surface area contributed by atoms with Crippen LogP contribution in [-0.4, -0.2) is 6.29 Å². The third kappa shape index (κ3) is 1.30. The molecule has 1 aromatic carbocycles. The van der Waals surface area contributed by atoms with Gasteiger partial charge in [0.15, 0.2) is 12.1 Å². The Hall–Kier alpha value is -0.740. The van der Waals surface area contributed by atoms with Gasteiger partial charge in [-0.2, -0.15) is 0 Å². The average molecular weight is 259 g/mol. The molecule has 0 spiro atoms. The molecule has 2 rings (SSSR count). The number of fused-ring (bicyclic) bond motifs is 1. The van der Waals surface area contributed by atoms with Crippen LogP contribution in [0.25, 0.3) is 10.1 Å². The fraction of sp³-hybridized carbons (Fsp3) is 0. The zero-order valence-corrected chi connectivity index (χ0v) is 8.78. The summed E-state index contributed by atoms with van der Waals surface area (Å²) in [4.78, 5) is 10.6. The molecule has 0 unspecified atom stereocenters. The van der Waals surface area contributed by atoms with Gasteiger partial charge in [0.25, 0.3) is 0 Å². The maximum absolute atomic E-state index is 13.3. The predicted molar refractivity (Wildman–Crippen MR) is 54.9 cm³/mol. The van der Waals surface area contributed by atoms with Crippen molar-refractivity contribution in [3.8, 4) is 0 Å². The molecule has 1 aromatic heterocycles. The molecule has 0 aliphatic rings. The van der Waals surface area contributed by atoms with Crippen molar-refractivity contribution in [2.75, 3.05) is 0 Å². The average Bonchev–Trinajstić information content (AvgIpc) is 2.43. The van der Waals surface area contributed by atoms with Crippen molar-refractivity contribution in [3.63, 3.8) is 0 Å². The summed E-state index contributed by atoms with van der Waals surface area (Å²) in [7, 11) is 0. The Labute approximate surface area is 86.3 Å². The van der Waals surface area contributed by atoms with Crippen molar-refractivity contribution < 1.29 is 9.18 Å². The first kappa shape index (κ1) is 8.84. The molecule has 0 N–H and O–H groups in total. The van der Waals surface area contributed by atoms with Gasteiger partial charge in [0.2, 0.25) is 0 Å². The molecule has 0 fully saturated rings. The first-order chi connectivity index (χ1) is 6.24. The highest BCUT2D eigenvalue weighted by Crippen LogP contribution is 2.35. The van der Waals surface area contributed by atoms with E-state index in [2.05, 4.69) is 15.9 Å². The van der Waals surface area contributed by atoms with E-state index in [0.717, 1.165) is 6.29 Å². The lowest BCUT2D eigenvalue weighted by molar-refractivity contribution is 0.112. The first-order valence-electron chi connectivity index (χ1n) is 3.55. The van der Waals surface area contributed by atoms with E-state index < -0.39 is 0 Å². The molecule has 0 amide bonds. The molecular formula is C9H4BrFOS. The van der Waals surface area contributed by atoms with Gasteiger partial charge in [-0.3, -0.25) is 4.79 Å². The Kier molecular flexibility index (Phi) is 2.17. The van der Waals surface area contributed by atoms with E-state index in [1.807, 2.05) is 0 Å². The van der Waals surface area contributed by atoms with Gasteiger partial charge in [0, 0.05) is 15.6 Å². The van der Waals surface area contributed by atoms with Crippen LogP contribution in [0.3, 0.4) is 0 Å². The van der Waals surface area contributed by atoms with Crippen molar-refractivity contribution in [1.29, 1.82) is 0 Å². The van der Waals surface area contributed by atoms with Crippen LogP contribution in [0.4, 0.5) is 4.39 Å². The van der Waals surface area contributed by atoms with E-state index in [1.54, 1.807) is 18.2 Å². The zero-order chi connectivity index (χ0) is 9.42. The monoisotopic (exact) mass is 258 g/mol. The van der Waals surface area contributed by atoms with E-state index in [9.17, 15) is 9.18 Å². The van der Waals surface area contributed by atoms with Crippen LogP contribution in [0.1, 0.15) is 10.4 Å². The first-order valence-corrected chi connectivity index (χ1v) is 5.16. The van der Waals surface area contributed by atoms with Crippen LogP contribution in [-0.2, 0) is 0 Å². The van der Waals surface area contributed by atoms with Gasteiger partial charge in [-0.15, -0.1) is 11.3 Å². The van der Waals surface area contributed by atoms with Gasteiger partial charge in [0.05, 0.1) is 0 Å². The summed E-state index contributed by atoms with van der Waals surface area (Å²) in [6.07, 6.45) is 0.741. The van der Waals surface area contributed by atoms with Gasteiger partial charge in [-0.25, -0.2) is 4.39 Å². The lowest BCUT2D eigenvalue weighted by Crippen LogP contribution is -1.78. The Balaban J connectivity index is 2.92. The number of halogens is 2. The summed E-state index contributed by atoms with van der Waals surface area (Å²) < 4.78 is 14.5. The number of hydrogen-bond donors (Lipinski definition) is 0. The SMILES string of the molecule is O=Cc1cccc2c(F)c(Br)sc12. The molecule has 1 heterocycles. The van der Waals surface area contributed by atoms with E-state index in [-0.39, 0.29) is 5.82 Å². The minimum atomic E-state index is -0.288. The molecule has 0 bridgehead atoms. The summed E-state index contributed by atoms with van der Waals surface area (Å²) in [5.41, 5.74) is 0.534. The van der Waals surface area contributed by atoms with E-state index in [4.69, 9.17) is 0 Å². The smallest absolute Gasteiger partial charge is 0.156 e. The molecule has 0 saturated heterocycles. The Morgan fingerprint density at radius 3 is 2.92 bits per heavy atom. The number of hydrogen-bond acceptors (Lipinski definition) is 2. The highest BCUT2D eigenvalue weighted by Gasteiger charge is 2.11. The van der Waals surface area contributed by atoms with Gasteiger partial charge < -0.3 is 0 Å². The molecule has 13 heavy (non-hydrogen) atoms. The van der Waals surface area contributed by atoms with Crippen molar-refractivity contribution in [1.82, 2.24) is 0 Å². The van der Waals surface area contributed by atoms with Crippen LogP contribution in [0.5, 0.6) is 0 Å². The summed E-state index contributed by atoms with van der Waals surface area (Å²) in [5.74, 6) is -0.288. The zero-order valence-electron chi connectivity index (χ0n) is 6.38. The number of carbonyl (C=O) groups excluding carboxylic acids is 1. The third-order valence-corrected chi connectivity index (χ3v) is 3.63. The predicted octanol–water partition coefficient (Wildman–Crippen LogP) is 3.62. The van der Waals surface area contributed by atoms with Crippen molar-refractivity contribution in [3.05, 3.63) is 33.4 Å². The minimum absolute atomic E-state index is 0.288. The molecule has 4 heteroatoms. The van der Waals surface area contributed by atoms with Crippen LogP contribution < -0.4 is 0 Å². The Morgan fingerprint density at radius 2 is 2.23 bits per heavy atom. The summed E-state index contributed by atoms with van der Waals surface area (Å²) in [6, 6.07) is 5.02. The molecule has 2 aromatic rings. The maximum atomic E-state index is 13.3. The second kappa shape index (κ2) is 3.20. The standard InChI is InChI=1S/C9H4BrFOS/c10-9-7(11)6-3-1-2-5(4-12)8(6)13-9/h1-4H. The number of carbonyl (C=O) groups is 1. The highest BCUT2D eigenvalue weighted by atomic mass is 79.9. The second-order valence-corrected chi connectivity index (χ2v) is 4.87. The van der Waals surface area contributed by atoms with Gasteiger partial charge >= 0.3 is 0 Å². The number of thiophene rings is 1. The van der Waals surface area contributed by atoms with E-state index in [1.165, 1.54) is 11.3 Å². The van der Waals surface area contributed by atoms with Crippen LogP contribution in [0.15, 0.2) is 22.0 Å². The summed E-state index contributed by atoms with van der Waals surface area (Å²) in [6.45, 7) is 0. The molecule has 0 saturated carbocycles. The minimum Gasteiger partial charge on any atom is -0.298 e. The fourth-order valence-electron chi connectivity index (χ4n) is 1.17. The molecule has 0 aliphatic heterocycles.